The van der Waals surface area contributed by atoms with Crippen molar-refractivity contribution in [2.45, 2.75) is 25.6 Å². The fourth-order valence-electron chi connectivity index (χ4n) is 3.46. The first-order valence-corrected chi connectivity index (χ1v) is 8.99. The highest BCUT2D eigenvalue weighted by Gasteiger charge is 2.44. The highest BCUT2D eigenvalue weighted by atomic mass is 19.4. The van der Waals surface area contributed by atoms with E-state index < -0.39 is 12.1 Å². The Morgan fingerprint density at radius 2 is 2.10 bits per heavy atom. The number of carboxylic acid groups (broad SMARTS) is 1. The molecule has 2 fully saturated rings. The van der Waals surface area contributed by atoms with E-state index >= 15 is 0 Å². The Hall–Kier alpha value is -2.96. The maximum atomic E-state index is 10.6. The van der Waals surface area contributed by atoms with Gasteiger partial charge >= 0.3 is 12.1 Å². The van der Waals surface area contributed by atoms with Crippen molar-refractivity contribution in [3.8, 4) is 5.88 Å². The van der Waals surface area contributed by atoms with Crippen molar-refractivity contribution in [1.82, 2.24) is 20.1 Å². The number of nitrogens with zero attached hydrogens (tertiary/aromatic N) is 5. The molecule has 0 amide bonds. The van der Waals surface area contributed by atoms with Crippen LogP contribution in [0.2, 0.25) is 0 Å². The predicted octanol–water partition coefficient (Wildman–Crippen LogP) is 1.50. The summed E-state index contributed by atoms with van der Waals surface area (Å²) in [5, 5.41) is 11.0. The van der Waals surface area contributed by atoms with Gasteiger partial charge in [-0.1, -0.05) is 5.16 Å². The second-order valence-electron chi connectivity index (χ2n) is 6.86. The largest absolute Gasteiger partial charge is 0.490 e. The summed E-state index contributed by atoms with van der Waals surface area (Å²) in [6.07, 6.45) is -2.56. The van der Waals surface area contributed by atoms with Crippen LogP contribution in [0.1, 0.15) is 11.7 Å². The summed E-state index contributed by atoms with van der Waals surface area (Å²) >= 11 is 0. The fraction of sp³-hybridized carbons (Fsp3) is 0.588. The summed E-state index contributed by atoms with van der Waals surface area (Å²) in [6.45, 7) is 4.32. The number of rotatable bonds is 4. The van der Waals surface area contributed by atoms with Gasteiger partial charge in [0.2, 0.25) is 11.8 Å². The number of aryl methyl sites for hydroxylation is 1. The molecule has 0 unspecified atom stereocenters. The van der Waals surface area contributed by atoms with Gasteiger partial charge in [0.25, 0.3) is 0 Å². The second-order valence-corrected chi connectivity index (χ2v) is 6.86. The molecule has 10 nitrogen and oxygen atoms in total. The number of anilines is 1. The molecule has 0 spiro atoms. The van der Waals surface area contributed by atoms with Crippen LogP contribution in [0, 0.1) is 18.8 Å². The molecule has 1 N–H and O–H groups in total. The SMILES string of the molecule is COc1cc(N2C[C@@H]3[C@H](Cc4nc(C)no4)CO[C@@H]3C2)ncn1.O=C(O)C(F)(F)F. The number of aromatic nitrogens is 4. The van der Waals surface area contributed by atoms with Crippen LogP contribution in [-0.4, -0.2) is 70.3 Å². The van der Waals surface area contributed by atoms with Crippen molar-refractivity contribution in [3.05, 3.63) is 24.1 Å². The van der Waals surface area contributed by atoms with E-state index in [2.05, 4.69) is 25.0 Å². The molecule has 4 heterocycles. The summed E-state index contributed by atoms with van der Waals surface area (Å²) in [7, 11) is 1.61. The molecule has 164 valence electrons. The first-order chi connectivity index (χ1) is 14.2. The number of halogens is 3. The maximum Gasteiger partial charge on any atom is 0.490 e. The topological polar surface area (TPSA) is 124 Å². The van der Waals surface area contributed by atoms with Gasteiger partial charge in [-0.2, -0.15) is 18.2 Å². The van der Waals surface area contributed by atoms with Gasteiger partial charge < -0.3 is 24.0 Å². The molecule has 0 aromatic carbocycles. The summed E-state index contributed by atoms with van der Waals surface area (Å²) in [4.78, 5) is 23.8. The Morgan fingerprint density at radius 1 is 1.37 bits per heavy atom. The van der Waals surface area contributed by atoms with Crippen molar-refractivity contribution in [2.75, 3.05) is 31.7 Å². The lowest BCUT2D eigenvalue weighted by atomic mass is 9.90. The lowest BCUT2D eigenvalue weighted by Crippen LogP contribution is -2.25. The average Bonchev–Trinajstić information content (AvgIpc) is 3.39. The number of carbonyl (C=O) groups is 1. The van der Waals surface area contributed by atoms with Crippen molar-refractivity contribution in [2.24, 2.45) is 11.8 Å². The Morgan fingerprint density at radius 3 is 2.70 bits per heavy atom. The van der Waals surface area contributed by atoms with Crippen LogP contribution in [-0.2, 0) is 16.0 Å². The number of ether oxygens (including phenoxy) is 2. The number of aliphatic carboxylic acids is 1. The molecule has 2 aromatic heterocycles. The highest BCUT2D eigenvalue weighted by Crippen LogP contribution is 2.37. The predicted molar refractivity (Wildman–Crippen MR) is 93.9 cm³/mol. The quantitative estimate of drug-likeness (QED) is 0.762. The number of methoxy groups -OCH3 is 1. The van der Waals surface area contributed by atoms with E-state index in [-0.39, 0.29) is 6.10 Å². The minimum absolute atomic E-state index is 0.227. The minimum atomic E-state index is -5.08. The zero-order valence-electron chi connectivity index (χ0n) is 16.2. The molecule has 2 aromatic rings. The van der Waals surface area contributed by atoms with Gasteiger partial charge in [-0.25, -0.2) is 14.8 Å². The first-order valence-electron chi connectivity index (χ1n) is 8.99. The van der Waals surface area contributed by atoms with Crippen molar-refractivity contribution in [3.63, 3.8) is 0 Å². The normalized spacial score (nSPS) is 23.0. The maximum absolute atomic E-state index is 10.6. The molecule has 4 rings (SSSR count). The van der Waals surface area contributed by atoms with Crippen LogP contribution in [0.25, 0.3) is 0 Å². The molecule has 2 aliphatic rings. The number of hydrogen-bond donors (Lipinski definition) is 1. The first kappa shape index (κ1) is 21.7. The second kappa shape index (κ2) is 8.81. The smallest absolute Gasteiger partial charge is 0.481 e. The van der Waals surface area contributed by atoms with Gasteiger partial charge in [-0.3, -0.25) is 0 Å². The lowest BCUT2D eigenvalue weighted by molar-refractivity contribution is -0.192. The van der Waals surface area contributed by atoms with Gasteiger partial charge in [0.15, 0.2) is 5.82 Å². The van der Waals surface area contributed by atoms with E-state index in [0.29, 0.717) is 29.4 Å². The molecule has 3 atom stereocenters. The van der Waals surface area contributed by atoms with E-state index in [1.54, 1.807) is 7.11 Å². The third kappa shape index (κ3) is 5.14. The molecule has 13 heteroatoms. The van der Waals surface area contributed by atoms with E-state index in [4.69, 9.17) is 23.9 Å². The average molecular weight is 431 g/mol. The zero-order chi connectivity index (χ0) is 21.9. The Kier molecular flexibility index (Phi) is 6.39. The van der Waals surface area contributed by atoms with E-state index in [1.165, 1.54) is 6.33 Å². The number of hydrogen-bond acceptors (Lipinski definition) is 9. The van der Waals surface area contributed by atoms with Crippen LogP contribution in [0.4, 0.5) is 19.0 Å². The Labute approximate surface area is 169 Å². The van der Waals surface area contributed by atoms with Crippen LogP contribution in [0.3, 0.4) is 0 Å². The molecule has 2 aliphatic heterocycles. The third-order valence-corrected chi connectivity index (χ3v) is 4.85. The zero-order valence-corrected chi connectivity index (χ0v) is 16.2. The summed E-state index contributed by atoms with van der Waals surface area (Å²) in [5.74, 6) is 0.910. The van der Waals surface area contributed by atoms with Gasteiger partial charge in [-0.15, -0.1) is 0 Å². The standard InChI is InChI=1S/C15H19N5O3.C2HF3O2/c1-9-18-15(23-19-9)3-10-7-22-12-6-20(5-11(10)12)13-4-14(21-2)17-8-16-13;3-2(4,5)1(6)7/h4,8,10-12H,3,5-7H2,1-2H3;(H,6,7)/t10-,11-,12-;/m1./s1. The minimum Gasteiger partial charge on any atom is -0.481 e. The molecule has 2 saturated heterocycles. The van der Waals surface area contributed by atoms with Gasteiger partial charge in [0.1, 0.15) is 12.1 Å². The monoisotopic (exact) mass is 431 g/mol. The van der Waals surface area contributed by atoms with Crippen LogP contribution in [0.15, 0.2) is 16.9 Å². The van der Waals surface area contributed by atoms with Crippen LogP contribution < -0.4 is 9.64 Å². The van der Waals surface area contributed by atoms with E-state index in [9.17, 15) is 13.2 Å². The molecule has 0 aliphatic carbocycles. The molecule has 0 bridgehead atoms. The van der Waals surface area contributed by atoms with Gasteiger partial charge in [-0.05, 0) is 12.8 Å². The molecule has 0 saturated carbocycles. The van der Waals surface area contributed by atoms with Crippen molar-refractivity contribution in [1.29, 1.82) is 0 Å². The fourth-order valence-corrected chi connectivity index (χ4v) is 3.46. The van der Waals surface area contributed by atoms with Crippen LogP contribution in [0.5, 0.6) is 5.88 Å². The van der Waals surface area contributed by atoms with Gasteiger partial charge in [0, 0.05) is 31.5 Å². The summed E-state index contributed by atoms with van der Waals surface area (Å²) in [5.41, 5.74) is 0. The van der Waals surface area contributed by atoms with Gasteiger partial charge in [0.05, 0.1) is 19.8 Å². The van der Waals surface area contributed by atoms with Crippen molar-refractivity contribution >= 4 is 11.8 Å². The van der Waals surface area contributed by atoms with E-state index in [1.807, 2.05) is 13.0 Å². The lowest BCUT2D eigenvalue weighted by Gasteiger charge is -2.20. The molecular formula is C17H20F3N5O5. The number of carboxylic acids is 1. The van der Waals surface area contributed by atoms with Crippen LogP contribution >= 0.6 is 0 Å². The van der Waals surface area contributed by atoms with E-state index in [0.717, 1.165) is 31.9 Å². The number of fused-ring (bicyclic) bond motifs is 1. The number of alkyl halides is 3. The molecule has 0 radical (unpaired) electrons. The highest BCUT2D eigenvalue weighted by molar-refractivity contribution is 5.73. The Bertz CT molecular complexity index is 877. The molecular weight excluding hydrogens is 411 g/mol. The van der Waals surface area contributed by atoms with Crippen molar-refractivity contribution < 1.29 is 37.1 Å². The third-order valence-electron chi connectivity index (χ3n) is 4.85. The summed E-state index contributed by atoms with van der Waals surface area (Å²) < 4.78 is 48.1. The Balaban J connectivity index is 0.000000318. The molecule has 30 heavy (non-hydrogen) atoms. The summed E-state index contributed by atoms with van der Waals surface area (Å²) in [6, 6.07) is 1.86.